The number of para-hydroxylation sites is 4. The van der Waals surface area contributed by atoms with Gasteiger partial charge in [-0.15, -0.1) is 0 Å². The van der Waals surface area contributed by atoms with Gasteiger partial charge < -0.3 is 14.3 Å². The van der Waals surface area contributed by atoms with E-state index < -0.39 is 5.76 Å². The maximum Gasteiger partial charge on any atom is 0.419 e. The molecule has 0 radical (unpaired) electrons. The van der Waals surface area contributed by atoms with Gasteiger partial charge in [0.2, 0.25) is 5.91 Å². The highest BCUT2D eigenvalue weighted by molar-refractivity contribution is 5.77. The molecular formula is C22H22N4O3. The second-order valence-corrected chi connectivity index (χ2v) is 7.53. The summed E-state index contributed by atoms with van der Waals surface area (Å²) in [4.78, 5) is 34.8. The number of carbonyl (C=O) groups excluding carboxylic acids is 1. The molecule has 0 spiro atoms. The zero-order valence-electron chi connectivity index (χ0n) is 16.0. The van der Waals surface area contributed by atoms with Crippen molar-refractivity contribution in [2.45, 2.75) is 31.7 Å². The largest absolute Gasteiger partial charge is 0.419 e. The van der Waals surface area contributed by atoms with Gasteiger partial charge in [0.25, 0.3) is 0 Å². The number of nitrogens with zero attached hydrogens (tertiary/aromatic N) is 3. The number of amides is 1. The number of aromatic amines is 1. The third kappa shape index (κ3) is 3.33. The van der Waals surface area contributed by atoms with Crippen molar-refractivity contribution >= 4 is 28.0 Å². The van der Waals surface area contributed by atoms with Gasteiger partial charge in [-0.3, -0.25) is 9.36 Å². The number of benzene rings is 2. The Kier molecular flexibility index (Phi) is 4.42. The SMILES string of the molecule is O=C(CCn1c(=O)oc2ccccc21)N1CCC(c2nc3ccccc3[nH]2)CC1. The van der Waals surface area contributed by atoms with E-state index in [1.807, 2.05) is 47.4 Å². The zero-order valence-corrected chi connectivity index (χ0v) is 16.0. The molecule has 7 heteroatoms. The molecule has 0 aliphatic carbocycles. The van der Waals surface area contributed by atoms with Crippen molar-refractivity contribution in [3.05, 3.63) is 64.9 Å². The fraction of sp³-hybridized carbons (Fsp3) is 0.318. The number of fused-ring (bicyclic) bond motifs is 2. The Hall–Kier alpha value is -3.35. The molecule has 2 aromatic carbocycles. The fourth-order valence-corrected chi connectivity index (χ4v) is 4.16. The van der Waals surface area contributed by atoms with E-state index in [1.54, 1.807) is 6.07 Å². The molecular weight excluding hydrogens is 368 g/mol. The molecule has 1 fully saturated rings. The van der Waals surface area contributed by atoms with E-state index in [-0.39, 0.29) is 5.91 Å². The Morgan fingerprint density at radius 2 is 1.86 bits per heavy atom. The minimum absolute atomic E-state index is 0.0743. The molecule has 0 saturated carbocycles. The molecule has 1 saturated heterocycles. The molecule has 5 rings (SSSR count). The first-order valence-corrected chi connectivity index (χ1v) is 10.00. The highest BCUT2D eigenvalue weighted by Crippen LogP contribution is 2.28. The molecule has 0 unspecified atom stereocenters. The Balaban J connectivity index is 1.21. The molecule has 148 valence electrons. The van der Waals surface area contributed by atoms with Crippen LogP contribution in [-0.4, -0.2) is 38.4 Å². The average Bonchev–Trinajstić information content (AvgIpc) is 3.32. The van der Waals surface area contributed by atoms with E-state index in [4.69, 9.17) is 9.40 Å². The molecule has 1 N–H and O–H groups in total. The number of piperidine rings is 1. The number of aromatic nitrogens is 3. The van der Waals surface area contributed by atoms with Crippen LogP contribution < -0.4 is 5.76 Å². The molecule has 2 aromatic heterocycles. The Morgan fingerprint density at radius 1 is 1.10 bits per heavy atom. The second-order valence-electron chi connectivity index (χ2n) is 7.53. The van der Waals surface area contributed by atoms with Gasteiger partial charge in [-0.2, -0.15) is 0 Å². The van der Waals surface area contributed by atoms with Gasteiger partial charge in [0.05, 0.1) is 16.6 Å². The van der Waals surface area contributed by atoms with Crippen molar-refractivity contribution in [1.29, 1.82) is 0 Å². The molecule has 7 nitrogen and oxygen atoms in total. The summed E-state index contributed by atoms with van der Waals surface area (Å²) in [7, 11) is 0. The van der Waals surface area contributed by atoms with E-state index in [1.165, 1.54) is 4.57 Å². The first-order chi connectivity index (χ1) is 14.2. The van der Waals surface area contributed by atoms with Crippen LogP contribution >= 0.6 is 0 Å². The summed E-state index contributed by atoms with van der Waals surface area (Å²) in [5.74, 6) is 1.01. The normalized spacial score (nSPS) is 15.4. The number of hydrogen-bond donors (Lipinski definition) is 1. The minimum atomic E-state index is -0.414. The summed E-state index contributed by atoms with van der Waals surface area (Å²) in [6.07, 6.45) is 2.07. The van der Waals surface area contributed by atoms with E-state index in [9.17, 15) is 9.59 Å². The predicted molar refractivity (Wildman–Crippen MR) is 110 cm³/mol. The molecule has 29 heavy (non-hydrogen) atoms. The number of rotatable bonds is 4. The lowest BCUT2D eigenvalue weighted by Gasteiger charge is -2.31. The van der Waals surface area contributed by atoms with Crippen molar-refractivity contribution in [1.82, 2.24) is 19.4 Å². The van der Waals surface area contributed by atoms with Crippen LogP contribution in [0, 0.1) is 0 Å². The van der Waals surface area contributed by atoms with E-state index in [0.29, 0.717) is 37.6 Å². The summed E-state index contributed by atoms with van der Waals surface area (Å²) >= 11 is 0. The van der Waals surface area contributed by atoms with Gasteiger partial charge in [-0.25, -0.2) is 9.78 Å². The van der Waals surface area contributed by atoms with Crippen LogP contribution in [0.15, 0.2) is 57.7 Å². The predicted octanol–water partition coefficient (Wildman–Crippen LogP) is 3.27. The Morgan fingerprint density at radius 3 is 2.69 bits per heavy atom. The number of aryl methyl sites for hydroxylation is 1. The van der Waals surface area contributed by atoms with Gasteiger partial charge in [0.1, 0.15) is 5.82 Å². The number of nitrogens with one attached hydrogen (secondary N) is 1. The van der Waals surface area contributed by atoms with Crippen LogP contribution in [0.1, 0.15) is 31.0 Å². The van der Waals surface area contributed by atoms with Crippen LogP contribution in [0.4, 0.5) is 0 Å². The standard InChI is InChI=1S/C22H22N4O3/c27-20(11-14-26-18-7-3-4-8-19(18)29-22(26)28)25-12-9-15(10-13-25)21-23-16-5-1-2-6-17(16)24-21/h1-8,15H,9-14H2,(H,23,24). The fourth-order valence-electron chi connectivity index (χ4n) is 4.16. The van der Waals surface area contributed by atoms with Crippen molar-refractivity contribution < 1.29 is 9.21 Å². The number of H-pyrrole nitrogens is 1. The van der Waals surface area contributed by atoms with E-state index in [0.717, 1.165) is 35.2 Å². The molecule has 1 aliphatic heterocycles. The number of carbonyl (C=O) groups is 1. The highest BCUT2D eigenvalue weighted by atomic mass is 16.4. The summed E-state index contributed by atoms with van der Waals surface area (Å²) in [5.41, 5.74) is 3.32. The van der Waals surface area contributed by atoms with Crippen molar-refractivity contribution in [3.63, 3.8) is 0 Å². The van der Waals surface area contributed by atoms with Crippen molar-refractivity contribution in [3.8, 4) is 0 Å². The molecule has 1 aliphatic rings. The number of imidazole rings is 1. The number of oxazole rings is 1. The van der Waals surface area contributed by atoms with Gasteiger partial charge in [0, 0.05) is 32.0 Å². The lowest BCUT2D eigenvalue weighted by atomic mass is 9.96. The van der Waals surface area contributed by atoms with Crippen molar-refractivity contribution in [2.24, 2.45) is 0 Å². The third-order valence-corrected chi connectivity index (χ3v) is 5.77. The van der Waals surface area contributed by atoms with Gasteiger partial charge in [-0.1, -0.05) is 24.3 Å². The molecule has 4 aromatic rings. The number of hydrogen-bond acceptors (Lipinski definition) is 4. The lowest BCUT2D eigenvalue weighted by Crippen LogP contribution is -2.38. The maximum atomic E-state index is 12.7. The Bertz CT molecular complexity index is 1190. The quantitative estimate of drug-likeness (QED) is 0.580. The van der Waals surface area contributed by atoms with Gasteiger partial charge in [-0.05, 0) is 37.1 Å². The topological polar surface area (TPSA) is 84.1 Å². The Labute approximate surface area is 167 Å². The maximum absolute atomic E-state index is 12.7. The van der Waals surface area contributed by atoms with Crippen LogP contribution in [0.3, 0.4) is 0 Å². The molecule has 0 atom stereocenters. The molecule has 0 bridgehead atoms. The first kappa shape index (κ1) is 17.7. The van der Waals surface area contributed by atoms with Gasteiger partial charge in [0.15, 0.2) is 5.58 Å². The van der Waals surface area contributed by atoms with Crippen LogP contribution in [0.5, 0.6) is 0 Å². The number of likely N-dealkylation sites (tertiary alicyclic amines) is 1. The first-order valence-electron chi connectivity index (χ1n) is 10.00. The second kappa shape index (κ2) is 7.24. The smallest absolute Gasteiger partial charge is 0.408 e. The monoisotopic (exact) mass is 390 g/mol. The molecule has 1 amide bonds. The summed E-state index contributed by atoms with van der Waals surface area (Å²) in [5, 5.41) is 0. The molecule has 3 heterocycles. The highest BCUT2D eigenvalue weighted by Gasteiger charge is 2.25. The van der Waals surface area contributed by atoms with Crippen LogP contribution in [0.25, 0.3) is 22.1 Å². The lowest BCUT2D eigenvalue weighted by molar-refractivity contribution is -0.132. The minimum Gasteiger partial charge on any atom is -0.408 e. The summed E-state index contributed by atoms with van der Waals surface area (Å²) in [6, 6.07) is 15.3. The zero-order chi connectivity index (χ0) is 19.8. The van der Waals surface area contributed by atoms with Crippen LogP contribution in [0.2, 0.25) is 0 Å². The average molecular weight is 390 g/mol. The van der Waals surface area contributed by atoms with E-state index in [2.05, 4.69) is 4.98 Å². The summed E-state index contributed by atoms with van der Waals surface area (Å²) < 4.78 is 6.77. The van der Waals surface area contributed by atoms with Gasteiger partial charge >= 0.3 is 5.76 Å². The van der Waals surface area contributed by atoms with Crippen LogP contribution in [-0.2, 0) is 11.3 Å². The third-order valence-electron chi connectivity index (χ3n) is 5.77. The van der Waals surface area contributed by atoms with Crippen molar-refractivity contribution in [2.75, 3.05) is 13.1 Å². The summed E-state index contributed by atoms with van der Waals surface area (Å²) in [6.45, 7) is 1.75. The van der Waals surface area contributed by atoms with E-state index >= 15 is 0 Å².